The number of hydrogen-bond donors (Lipinski definition) is 6. The number of ether oxygens (including phenoxy) is 2. The summed E-state index contributed by atoms with van der Waals surface area (Å²) in [5.41, 5.74) is 5.25. The normalized spacial score (nSPS) is 30.6. The van der Waals surface area contributed by atoms with Crippen LogP contribution in [0.2, 0.25) is 0 Å². The van der Waals surface area contributed by atoms with Crippen molar-refractivity contribution < 1.29 is 55.9 Å². The molecule has 0 amide bonds. The molecule has 1 saturated heterocycles. The lowest BCUT2D eigenvalue weighted by Crippen LogP contribution is -2.30. The first-order chi connectivity index (χ1) is 11.2. The van der Waals surface area contributed by atoms with Crippen LogP contribution in [-0.4, -0.2) is 50.1 Å². The topological polar surface area (TPSA) is 204 Å². The monoisotopic (exact) mass is 465 g/mol. The van der Waals surface area contributed by atoms with Gasteiger partial charge in [0.1, 0.15) is 17.8 Å². The molecule has 1 aliphatic heterocycles. The Morgan fingerprint density at radius 3 is 2.36 bits per heavy atom. The molecular weight excluding hydrogens is 447 g/mol. The van der Waals surface area contributed by atoms with Crippen molar-refractivity contribution in [2.24, 2.45) is 5.73 Å². The number of phosphoric acid groups is 3. The quantitative estimate of drug-likeness (QED) is 0.114. The standard InChI is InChI=1S/C7H18NO12P3S2/c1-4(25-24)17-5-2-7(8)18-6(5)3-16-22(12,13)20-23(14,15)19-21(9,10)11/h4-7,24H,2-3,8H2,1H3,(H,12,13)(H,14,15)(H2,9,10,11)/t4-,5?,6+,7+/m0/s1. The predicted octanol–water partition coefficient (Wildman–Crippen LogP) is 0.713. The SMILES string of the molecule is C[C@@H](OC1C[C@H](N)O[C@@H]1COP(=O)(O)OP(=O)(O)OP(=O)(O)O)SS. The van der Waals surface area contributed by atoms with E-state index >= 15 is 0 Å². The Balaban J connectivity index is 2.63. The number of thiol groups is 1. The summed E-state index contributed by atoms with van der Waals surface area (Å²) in [5.74, 6) is 0. The van der Waals surface area contributed by atoms with Crippen molar-refractivity contribution >= 4 is 45.9 Å². The summed E-state index contributed by atoms with van der Waals surface area (Å²) in [6.07, 6.45) is -1.99. The van der Waals surface area contributed by atoms with Gasteiger partial charge in [0.15, 0.2) is 0 Å². The van der Waals surface area contributed by atoms with Crippen molar-refractivity contribution in [1.29, 1.82) is 0 Å². The molecule has 0 aliphatic carbocycles. The summed E-state index contributed by atoms with van der Waals surface area (Å²) in [6.45, 7) is 1.08. The zero-order valence-electron chi connectivity index (χ0n) is 12.6. The summed E-state index contributed by atoms with van der Waals surface area (Å²) >= 11 is 3.97. The molecule has 1 fully saturated rings. The van der Waals surface area contributed by atoms with Crippen molar-refractivity contribution in [3.05, 3.63) is 0 Å². The van der Waals surface area contributed by atoms with E-state index < -0.39 is 48.5 Å². The summed E-state index contributed by atoms with van der Waals surface area (Å²) < 4.78 is 55.8. The highest BCUT2D eigenvalue weighted by molar-refractivity contribution is 8.68. The van der Waals surface area contributed by atoms with Gasteiger partial charge in [-0.25, -0.2) is 13.7 Å². The highest BCUT2D eigenvalue weighted by Gasteiger charge is 2.42. The molecule has 1 heterocycles. The Hall–Kier alpha value is 0.990. The molecule has 6 N–H and O–H groups in total. The summed E-state index contributed by atoms with van der Waals surface area (Å²) in [6, 6.07) is 0. The van der Waals surface area contributed by atoms with Gasteiger partial charge in [-0.3, -0.25) is 4.52 Å². The van der Waals surface area contributed by atoms with Crippen molar-refractivity contribution in [1.82, 2.24) is 0 Å². The predicted molar refractivity (Wildman–Crippen MR) is 88.2 cm³/mol. The summed E-state index contributed by atoms with van der Waals surface area (Å²) in [4.78, 5) is 35.3. The smallest absolute Gasteiger partial charge is 0.361 e. The third kappa shape index (κ3) is 9.65. The van der Waals surface area contributed by atoms with Crippen molar-refractivity contribution in [2.75, 3.05) is 6.61 Å². The van der Waals surface area contributed by atoms with Gasteiger partial charge in [-0.1, -0.05) is 10.8 Å². The molecule has 18 heteroatoms. The third-order valence-corrected chi connectivity index (χ3v) is 7.66. The minimum atomic E-state index is -5.56. The third-order valence-electron chi connectivity index (χ3n) is 2.56. The Morgan fingerprint density at radius 2 is 1.84 bits per heavy atom. The van der Waals surface area contributed by atoms with Gasteiger partial charge in [-0.2, -0.15) is 8.62 Å². The molecule has 1 aliphatic rings. The van der Waals surface area contributed by atoms with E-state index in [1.807, 2.05) is 0 Å². The first-order valence-electron chi connectivity index (χ1n) is 6.38. The lowest BCUT2D eigenvalue weighted by Gasteiger charge is -2.22. The van der Waals surface area contributed by atoms with Gasteiger partial charge >= 0.3 is 23.5 Å². The van der Waals surface area contributed by atoms with Gasteiger partial charge in [-0.15, -0.1) is 11.7 Å². The molecule has 6 atom stereocenters. The molecule has 0 spiro atoms. The second-order valence-corrected chi connectivity index (χ2v) is 10.6. The number of hydrogen-bond acceptors (Lipinski definition) is 11. The average molecular weight is 465 g/mol. The second-order valence-electron chi connectivity index (χ2n) is 4.68. The summed E-state index contributed by atoms with van der Waals surface area (Å²) in [7, 11) is -15.1. The maximum Gasteiger partial charge on any atom is 0.490 e. The van der Waals surface area contributed by atoms with Crippen LogP contribution in [0.5, 0.6) is 0 Å². The molecule has 25 heavy (non-hydrogen) atoms. The Bertz CT molecular complexity index is 587. The van der Waals surface area contributed by atoms with E-state index in [0.29, 0.717) is 0 Å². The first kappa shape index (κ1) is 24.0. The molecule has 0 aromatic carbocycles. The maximum atomic E-state index is 11.6. The van der Waals surface area contributed by atoms with E-state index in [4.69, 9.17) is 29.9 Å². The fourth-order valence-corrected chi connectivity index (χ4v) is 5.15. The van der Waals surface area contributed by atoms with Crippen molar-refractivity contribution in [3.63, 3.8) is 0 Å². The van der Waals surface area contributed by atoms with Crippen LogP contribution in [0.4, 0.5) is 0 Å². The van der Waals surface area contributed by atoms with Crippen molar-refractivity contribution in [3.8, 4) is 0 Å². The van der Waals surface area contributed by atoms with Crippen molar-refractivity contribution in [2.45, 2.75) is 37.2 Å². The number of nitrogens with two attached hydrogens (primary N) is 1. The van der Waals surface area contributed by atoms with Gasteiger partial charge in [0.25, 0.3) is 0 Å². The lowest BCUT2D eigenvalue weighted by atomic mass is 10.2. The Kier molecular flexibility index (Phi) is 9.09. The molecule has 0 bridgehead atoms. The van der Waals surface area contributed by atoms with Gasteiger partial charge in [-0.05, 0) is 6.92 Å². The van der Waals surface area contributed by atoms with Gasteiger partial charge in [0.05, 0.1) is 12.7 Å². The second kappa shape index (κ2) is 9.46. The van der Waals surface area contributed by atoms with E-state index in [1.54, 1.807) is 6.92 Å². The van der Waals surface area contributed by atoms with Crippen LogP contribution in [0.3, 0.4) is 0 Å². The Morgan fingerprint density at radius 1 is 1.24 bits per heavy atom. The van der Waals surface area contributed by atoms with E-state index in [0.717, 1.165) is 10.8 Å². The zero-order chi connectivity index (χ0) is 19.5. The average Bonchev–Trinajstić information content (AvgIpc) is 2.72. The van der Waals surface area contributed by atoms with E-state index in [-0.39, 0.29) is 11.9 Å². The van der Waals surface area contributed by atoms with Crippen LogP contribution in [0.15, 0.2) is 0 Å². The molecule has 13 nitrogen and oxygen atoms in total. The largest absolute Gasteiger partial charge is 0.490 e. The maximum absolute atomic E-state index is 11.6. The van der Waals surface area contributed by atoms with Gasteiger partial charge in [0.2, 0.25) is 0 Å². The molecule has 1 rings (SSSR count). The number of phosphoric ester groups is 1. The summed E-state index contributed by atoms with van der Waals surface area (Å²) in [5, 5.41) is 0. The van der Waals surface area contributed by atoms with Crippen LogP contribution >= 0.6 is 45.9 Å². The molecule has 0 aromatic heterocycles. The van der Waals surface area contributed by atoms with E-state index in [2.05, 4.69) is 24.8 Å². The van der Waals surface area contributed by atoms with Crippen LogP contribution in [0.25, 0.3) is 0 Å². The van der Waals surface area contributed by atoms with Gasteiger partial charge < -0.3 is 34.8 Å². The first-order valence-corrected chi connectivity index (χ1v) is 12.8. The van der Waals surface area contributed by atoms with Crippen LogP contribution < -0.4 is 5.73 Å². The van der Waals surface area contributed by atoms with Crippen LogP contribution in [0, 0.1) is 0 Å². The zero-order valence-corrected chi connectivity index (χ0v) is 16.9. The molecule has 0 radical (unpaired) electrons. The lowest BCUT2D eigenvalue weighted by molar-refractivity contribution is -0.0483. The molecule has 3 unspecified atom stereocenters. The van der Waals surface area contributed by atoms with Crippen LogP contribution in [0.1, 0.15) is 13.3 Å². The molecular formula is C7H18NO12P3S2. The van der Waals surface area contributed by atoms with E-state index in [1.165, 1.54) is 0 Å². The fourth-order valence-electron chi connectivity index (χ4n) is 1.78. The van der Waals surface area contributed by atoms with Crippen LogP contribution in [-0.2, 0) is 36.3 Å². The highest BCUT2D eigenvalue weighted by atomic mass is 33.1. The van der Waals surface area contributed by atoms with Gasteiger partial charge in [0, 0.05) is 6.42 Å². The number of rotatable bonds is 10. The Labute approximate surface area is 151 Å². The molecule has 0 saturated carbocycles. The van der Waals surface area contributed by atoms with E-state index in [9.17, 15) is 18.6 Å². The molecule has 0 aromatic rings. The molecule has 150 valence electrons. The highest BCUT2D eigenvalue weighted by Crippen LogP contribution is 2.66. The minimum Gasteiger partial charge on any atom is -0.361 e. The minimum absolute atomic E-state index is 0.253. The fraction of sp³-hybridized carbons (Fsp3) is 1.00.